The maximum absolute atomic E-state index is 13.5. The number of carboxylic acids is 1. The predicted molar refractivity (Wildman–Crippen MR) is 58.9 cm³/mol. The molecular weight excluding hydrogens is 245 g/mol. The number of benzene rings is 1. The second-order valence-electron chi connectivity index (χ2n) is 3.36. The zero-order valence-corrected chi connectivity index (χ0v) is 9.51. The number of nitrogens with one attached hydrogen (secondary N) is 1. The zero-order chi connectivity index (χ0) is 13.7. The second kappa shape index (κ2) is 5.97. The Hall–Kier alpha value is -2.15. The van der Waals surface area contributed by atoms with Gasteiger partial charge in [0.1, 0.15) is 17.1 Å². The van der Waals surface area contributed by atoms with Gasteiger partial charge in [0, 0.05) is 0 Å². The van der Waals surface area contributed by atoms with Crippen LogP contribution in [-0.4, -0.2) is 41.8 Å². The number of rotatable bonds is 5. The van der Waals surface area contributed by atoms with Crippen LogP contribution in [-0.2, 0) is 4.79 Å². The van der Waals surface area contributed by atoms with Crippen molar-refractivity contribution in [3.05, 3.63) is 29.6 Å². The van der Waals surface area contributed by atoms with Crippen LogP contribution in [0.4, 0.5) is 4.39 Å². The summed E-state index contributed by atoms with van der Waals surface area (Å²) in [6.45, 7) is -0.794. The average Bonchev–Trinajstić information content (AvgIpc) is 2.34. The lowest BCUT2D eigenvalue weighted by molar-refractivity contribution is -0.140. The van der Waals surface area contributed by atoms with Crippen molar-refractivity contribution >= 4 is 11.9 Å². The molecule has 1 aromatic carbocycles. The molecule has 1 atom stereocenters. The first-order valence-electron chi connectivity index (χ1n) is 4.98. The number of hydrogen-bond acceptors (Lipinski definition) is 4. The van der Waals surface area contributed by atoms with E-state index in [0.717, 1.165) is 6.07 Å². The third-order valence-electron chi connectivity index (χ3n) is 2.21. The summed E-state index contributed by atoms with van der Waals surface area (Å²) in [6, 6.07) is 2.27. The molecule has 0 spiro atoms. The van der Waals surface area contributed by atoms with E-state index in [1.165, 1.54) is 19.2 Å². The highest BCUT2D eigenvalue weighted by molar-refractivity contribution is 5.99. The van der Waals surface area contributed by atoms with E-state index in [1.807, 2.05) is 5.32 Å². The minimum Gasteiger partial charge on any atom is -0.496 e. The number of ether oxygens (including phenoxy) is 1. The van der Waals surface area contributed by atoms with Crippen molar-refractivity contribution in [1.82, 2.24) is 5.32 Å². The molecule has 0 saturated carbocycles. The van der Waals surface area contributed by atoms with Crippen molar-refractivity contribution in [2.75, 3.05) is 13.7 Å². The minimum absolute atomic E-state index is 0.0189. The summed E-state index contributed by atoms with van der Waals surface area (Å²) in [6.07, 6.45) is 0. The van der Waals surface area contributed by atoms with Gasteiger partial charge >= 0.3 is 5.97 Å². The van der Waals surface area contributed by atoms with Gasteiger partial charge < -0.3 is 20.3 Å². The van der Waals surface area contributed by atoms with Gasteiger partial charge in [0.15, 0.2) is 6.04 Å². The number of amides is 1. The van der Waals surface area contributed by atoms with Gasteiger partial charge in [-0.1, -0.05) is 6.07 Å². The number of carboxylic acid groups (broad SMARTS) is 1. The highest BCUT2D eigenvalue weighted by atomic mass is 19.1. The van der Waals surface area contributed by atoms with Crippen molar-refractivity contribution in [3.63, 3.8) is 0 Å². The Balaban J connectivity index is 3.00. The molecule has 1 rings (SSSR count). The van der Waals surface area contributed by atoms with E-state index in [1.54, 1.807) is 0 Å². The third kappa shape index (κ3) is 2.95. The Morgan fingerprint density at radius 1 is 1.50 bits per heavy atom. The van der Waals surface area contributed by atoms with Crippen molar-refractivity contribution in [3.8, 4) is 5.75 Å². The predicted octanol–water partition coefficient (Wildman–Crippen LogP) is 0.00960. The highest BCUT2D eigenvalue weighted by Gasteiger charge is 2.23. The summed E-state index contributed by atoms with van der Waals surface area (Å²) < 4.78 is 18.3. The van der Waals surface area contributed by atoms with Crippen LogP contribution in [0.25, 0.3) is 0 Å². The monoisotopic (exact) mass is 257 g/mol. The smallest absolute Gasteiger partial charge is 0.328 e. The molecule has 18 heavy (non-hydrogen) atoms. The van der Waals surface area contributed by atoms with Crippen LogP contribution in [0, 0.1) is 5.82 Å². The largest absolute Gasteiger partial charge is 0.496 e. The lowest BCUT2D eigenvalue weighted by Crippen LogP contribution is -2.43. The molecule has 0 saturated heterocycles. The number of aliphatic hydroxyl groups excluding tert-OH is 1. The second-order valence-corrected chi connectivity index (χ2v) is 3.36. The first-order valence-corrected chi connectivity index (χ1v) is 4.98. The molecule has 0 aromatic heterocycles. The van der Waals surface area contributed by atoms with Crippen molar-refractivity contribution in [2.45, 2.75) is 6.04 Å². The topological polar surface area (TPSA) is 95.9 Å². The SMILES string of the molecule is COc1cccc(F)c1C(=O)N[C@H](CO)C(=O)O. The summed E-state index contributed by atoms with van der Waals surface area (Å²) in [5, 5.41) is 19.4. The van der Waals surface area contributed by atoms with Crippen molar-refractivity contribution in [1.29, 1.82) is 0 Å². The molecule has 98 valence electrons. The van der Waals surface area contributed by atoms with Crippen LogP contribution in [0.3, 0.4) is 0 Å². The van der Waals surface area contributed by atoms with Gasteiger partial charge in [-0.25, -0.2) is 9.18 Å². The van der Waals surface area contributed by atoms with Crippen LogP contribution in [0.15, 0.2) is 18.2 Å². The number of halogens is 1. The lowest BCUT2D eigenvalue weighted by atomic mass is 10.1. The molecule has 6 nitrogen and oxygen atoms in total. The lowest BCUT2D eigenvalue weighted by Gasteiger charge is -2.13. The molecule has 0 bridgehead atoms. The summed E-state index contributed by atoms with van der Waals surface area (Å²) in [5.41, 5.74) is -0.403. The zero-order valence-electron chi connectivity index (χ0n) is 9.51. The highest BCUT2D eigenvalue weighted by Crippen LogP contribution is 2.20. The number of hydrogen-bond donors (Lipinski definition) is 3. The van der Waals surface area contributed by atoms with E-state index >= 15 is 0 Å². The Kier molecular flexibility index (Phi) is 4.61. The molecule has 1 aromatic rings. The van der Waals surface area contributed by atoms with Crippen LogP contribution in [0.5, 0.6) is 5.75 Å². The van der Waals surface area contributed by atoms with Crippen molar-refractivity contribution in [2.24, 2.45) is 0 Å². The molecule has 0 unspecified atom stereocenters. The summed E-state index contributed by atoms with van der Waals surface area (Å²) in [4.78, 5) is 22.4. The molecule has 0 radical (unpaired) electrons. The molecule has 0 aliphatic carbocycles. The normalized spacial score (nSPS) is 11.7. The molecular formula is C11H12FNO5. The summed E-state index contributed by atoms with van der Waals surface area (Å²) >= 11 is 0. The molecule has 0 aliphatic rings. The fourth-order valence-corrected chi connectivity index (χ4v) is 1.31. The Labute approximate surface area is 102 Å². The van der Waals surface area contributed by atoms with Gasteiger partial charge in [-0.05, 0) is 12.1 Å². The number of carbonyl (C=O) groups excluding carboxylic acids is 1. The van der Waals surface area contributed by atoms with E-state index in [4.69, 9.17) is 14.9 Å². The van der Waals surface area contributed by atoms with Gasteiger partial charge in [-0.3, -0.25) is 4.79 Å². The summed E-state index contributed by atoms with van der Waals surface area (Å²) in [5.74, 6) is -3.24. The van der Waals surface area contributed by atoms with E-state index in [2.05, 4.69) is 0 Å². The molecule has 1 amide bonds. The van der Waals surface area contributed by atoms with Crippen LogP contribution in [0.1, 0.15) is 10.4 Å². The average molecular weight is 257 g/mol. The molecule has 7 heteroatoms. The molecule has 0 heterocycles. The van der Waals surface area contributed by atoms with Gasteiger partial charge in [-0.2, -0.15) is 0 Å². The van der Waals surface area contributed by atoms with Gasteiger partial charge in [0.25, 0.3) is 5.91 Å². The van der Waals surface area contributed by atoms with E-state index in [9.17, 15) is 14.0 Å². The van der Waals surface area contributed by atoms with Gasteiger partial charge in [0.2, 0.25) is 0 Å². The quantitative estimate of drug-likeness (QED) is 0.690. The maximum Gasteiger partial charge on any atom is 0.328 e. The number of aliphatic carboxylic acids is 1. The van der Waals surface area contributed by atoms with Crippen LogP contribution in [0.2, 0.25) is 0 Å². The molecule has 0 aliphatic heterocycles. The first kappa shape index (κ1) is 13.9. The van der Waals surface area contributed by atoms with E-state index in [-0.39, 0.29) is 5.75 Å². The van der Waals surface area contributed by atoms with Crippen LogP contribution < -0.4 is 10.1 Å². The Bertz CT molecular complexity index is 463. The third-order valence-corrected chi connectivity index (χ3v) is 2.21. The summed E-state index contributed by atoms with van der Waals surface area (Å²) in [7, 11) is 1.26. The number of methoxy groups -OCH3 is 1. The standard InChI is InChI=1S/C11H12FNO5/c1-18-8-4-2-3-6(12)9(8)10(15)13-7(5-14)11(16)17/h2-4,7,14H,5H2,1H3,(H,13,15)(H,16,17)/t7-/m1/s1. The van der Waals surface area contributed by atoms with E-state index < -0.39 is 35.9 Å². The minimum atomic E-state index is -1.50. The van der Waals surface area contributed by atoms with Crippen LogP contribution >= 0.6 is 0 Å². The molecule has 0 fully saturated rings. The number of aliphatic hydroxyl groups is 1. The van der Waals surface area contributed by atoms with Gasteiger partial charge in [0.05, 0.1) is 13.7 Å². The van der Waals surface area contributed by atoms with Gasteiger partial charge in [-0.15, -0.1) is 0 Å². The Morgan fingerprint density at radius 3 is 2.67 bits per heavy atom. The van der Waals surface area contributed by atoms with Crippen molar-refractivity contribution < 1.29 is 28.9 Å². The number of carbonyl (C=O) groups is 2. The Morgan fingerprint density at radius 2 is 2.17 bits per heavy atom. The molecule has 3 N–H and O–H groups in total. The fourth-order valence-electron chi connectivity index (χ4n) is 1.31. The first-order chi connectivity index (χ1) is 8.51. The fraction of sp³-hybridized carbons (Fsp3) is 0.273. The maximum atomic E-state index is 13.5. The van der Waals surface area contributed by atoms with E-state index in [0.29, 0.717) is 0 Å².